The van der Waals surface area contributed by atoms with Gasteiger partial charge in [0.2, 0.25) is 10.0 Å². The molecule has 1 atom stereocenters. The van der Waals surface area contributed by atoms with E-state index in [9.17, 15) is 8.42 Å². The van der Waals surface area contributed by atoms with Gasteiger partial charge >= 0.3 is 0 Å². The maximum absolute atomic E-state index is 12.5. The number of sulfonamides is 1. The van der Waals surface area contributed by atoms with Crippen LogP contribution in [-0.4, -0.2) is 28.2 Å². The number of rotatable bonds is 7. The minimum atomic E-state index is -3.60. The Balaban J connectivity index is 3.18. The van der Waals surface area contributed by atoms with E-state index < -0.39 is 10.0 Å². The maximum Gasteiger partial charge on any atom is 0.241 e. The molecule has 0 saturated carbocycles. The number of nitrogens with two attached hydrogens (primary N) is 1. The van der Waals surface area contributed by atoms with Crippen LogP contribution in [0.2, 0.25) is 0 Å². The lowest BCUT2D eigenvalue weighted by atomic mass is 10.1. The second-order valence-corrected chi connectivity index (χ2v) is 7.12. The highest BCUT2D eigenvalue weighted by Crippen LogP contribution is 2.26. The van der Waals surface area contributed by atoms with E-state index in [-0.39, 0.29) is 17.5 Å². The van der Waals surface area contributed by atoms with Gasteiger partial charge in [0.25, 0.3) is 0 Å². The summed E-state index contributed by atoms with van der Waals surface area (Å²) in [5.41, 5.74) is 7.03. The Labute approximate surface area is 129 Å². The molecule has 0 aliphatic heterocycles. The summed E-state index contributed by atoms with van der Waals surface area (Å²) in [5, 5.41) is 0. The van der Waals surface area contributed by atoms with Crippen LogP contribution in [0.15, 0.2) is 21.5 Å². The summed E-state index contributed by atoms with van der Waals surface area (Å²) in [7, 11) is -2.05. The molecule has 0 saturated heterocycles. The SMILES string of the molecule is CCC(COC)NS(=O)(=O)c1cc(CN)cc(Br)c1C. The van der Waals surface area contributed by atoms with Crippen LogP contribution < -0.4 is 10.5 Å². The average molecular weight is 365 g/mol. The molecule has 0 fully saturated rings. The van der Waals surface area contributed by atoms with Crippen molar-refractivity contribution in [1.82, 2.24) is 4.72 Å². The van der Waals surface area contributed by atoms with Crippen molar-refractivity contribution in [2.45, 2.75) is 37.8 Å². The lowest BCUT2D eigenvalue weighted by Crippen LogP contribution is -2.37. The lowest BCUT2D eigenvalue weighted by molar-refractivity contribution is 0.173. The molecule has 0 heterocycles. The summed E-state index contributed by atoms with van der Waals surface area (Å²) in [6.07, 6.45) is 0.657. The predicted molar refractivity (Wildman–Crippen MR) is 83.0 cm³/mol. The van der Waals surface area contributed by atoms with Gasteiger partial charge in [-0.05, 0) is 36.6 Å². The molecule has 114 valence electrons. The molecule has 0 radical (unpaired) electrons. The molecule has 0 aliphatic carbocycles. The van der Waals surface area contributed by atoms with Crippen molar-refractivity contribution in [1.29, 1.82) is 0 Å². The first-order valence-electron chi connectivity index (χ1n) is 6.36. The van der Waals surface area contributed by atoms with Gasteiger partial charge < -0.3 is 10.5 Å². The molecule has 1 unspecified atom stereocenters. The molecule has 0 spiro atoms. The van der Waals surface area contributed by atoms with Crippen LogP contribution in [0, 0.1) is 6.92 Å². The van der Waals surface area contributed by atoms with E-state index >= 15 is 0 Å². The zero-order valence-electron chi connectivity index (χ0n) is 11.9. The lowest BCUT2D eigenvalue weighted by Gasteiger charge is -2.18. The van der Waals surface area contributed by atoms with Gasteiger partial charge in [-0.1, -0.05) is 22.9 Å². The van der Waals surface area contributed by atoms with Gasteiger partial charge in [-0.3, -0.25) is 0 Å². The quantitative estimate of drug-likeness (QED) is 0.774. The third-order valence-electron chi connectivity index (χ3n) is 3.06. The predicted octanol–water partition coefficient (Wildman–Crippen LogP) is 1.92. The van der Waals surface area contributed by atoms with Crippen LogP contribution in [0.25, 0.3) is 0 Å². The summed E-state index contributed by atoms with van der Waals surface area (Å²) in [6.45, 7) is 4.30. The number of methoxy groups -OCH3 is 1. The van der Waals surface area contributed by atoms with E-state index in [0.717, 1.165) is 10.0 Å². The Morgan fingerprint density at radius 1 is 1.45 bits per heavy atom. The first-order valence-corrected chi connectivity index (χ1v) is 8.63. The van der Waals surface area contributed by atoms with Crippen molar-refractivity contribution in [2.75, 3.05) is 13.7 Å². The van der Waals surface area contributed by atoms with E-state index in [1.165, 1.54) is 0 Å². The third-order valence-corrected chi connectivity index (χ3v) is 5.53. The molecule has 20 heavy (non-hydrogen) atoms. The minimum Gasteiger partial charge on any atom is -0.383 e. The second kappa shape index (κ2) is 7.51. The molecular weight excluding hydrogens is 344 g/mol. The molecule has 0 amide bonds. The highest BCUT2D eigenvalue weighted by Gasteiger charge is 2.22. The van der Waals surface area contributed by atoms with Crippen molar-refractivity contribution >= 4 is 26.0 Å². The Morgan fingerprint density at radius 2 is 2.10 bits per heavy atom. The van der Waals surface area contributed by atoms with Crippen molar-refractivity contribution in [3.05, 3.63) is 27.7 Å². The topological polar surface area (TPSA) is 81.4 Å². The van der Waals surface area contributed by atoms with E-state index in [4.69, 9.17) is 10.5 Å². The summed E-state index contributed by atoms with van der Waals surface area (Å²) in [4.78, 5) is 0.252. The Hall–Kier alpha value is -0.470. The molecule has 1 aromatic carbocycles. The number of halogens is 1. The monoisotopic (exact) mass is 364 g/mol. The van der Waals surface area contributed by atoms with Crippen LogP contribution in [0.4, 0.5) is 0 Å². The van der Waals surface area contributed by atoms with Crippen LogP contribution in [0.5, 0.6) is 0 Å². The molecule has 0 bridgehead atoms. The largest absolute Gasteiger partial charge is 0.383 e. The smallest absolute Gasteiger partial charge is 0.241 e. The minimum absolute atomic E-state index is 0.246. The van der Waals surface area contributed by atoms with Crippen LogP contribution in [0.3, 0.4) is 0 Å². The maximum atomic E-state index is 12.5. The van der Waals surface area contributed by atoms with Gasteiger partial charge in [-0.2, -0.15) is 0 Å². The fourth-order valence-electron chi connectivity index (χ4n) is 1.82. The zero-order valence-corrected chi connectivity index (χ0v) is 14.3. The number of ether oxygens (including phenoxy) is 1. The molecule has 7 heteroatoms. The van der Waals surface area contributed by atoms with Crippen molar-refractivity contribution < 1.29 is 13.2 Å². The second-order valence-electron chi connectivity index (χ2n) is 4.59. The number of nitrogens with one attached hydrogen (secondary N) is 1. The van der Waals surface area contributed by atoms with Gasteiger partial charge in [0.05, 0.1) is 11.5 Å². The molecule has 3 N–H and O–H groups in total. The highest BCUT2D eigenvalue weighted by atomic mass is 79.9. The van der Waals surface area contributed by atoms with Gasteiger partial charge in [-0.25, -0.2) is 13.1 Å². The van der Waals surface area contributed by atoms with Crippen LogP contribution >= 0.6 is 15.9 Å². The molecule has 1 rings (SSSR count). The molecule has 1 aromatic rings. The number of hydrogen-bond donors (Lipinski definition) is 2. The van der Waals surface area contributed by atoms with E-state index in [0.29, 0.717) is 18.6 Å². The van der Waals surface area contributed by atoms with Gasteiger partial charge in [0.15, 0.2) is 0 Å². The molecular formula is C13H21BrN2O3S. The summed E-state index contributed by atoms with van der Waals surface area (Å²) < 4.78 is 33.4. The van der Waals surface area contributed by atoms with Crippen molar-refractivity contribution in [3.8, 4) is 0 Å². The van der Waals surface area contributed by atoms with Gasteiger partial charge in [0, 0.05) is 24.2 Å². The van der Waals surface area contributed by atoms with Crippen LogP contribution in [-0.2, 0) is 21.3 Å². The fourth-order valence-corrected chi connectivity index (χ4v) is 4.08. The molecule has 0 aromatic heterocycles. The number of benzene rings is 1. The molecule has 5 nitrogen and oxygen atoms in total. The third kappa shape index (κ3) is 4.26. The first kappa shape index (κ1) is 17.6. The number of hydrogen-bond acceptors (Lipinski definition) is 4. The Kier molecular flexibility index (Phi) is 6.60. The Morgan fingerprint density at radius 3 is 2.60 bits per heavy atom. The zero-order chi connectivity index (χ0) is 15.3. The van der Waals surface area contributed by atoms with E-state index in [2.05, 4.69) is 20.7 Å². The molecule has 0 aliphatic rings. The first-order chi connectivity index (χ1) is 9.35. The summed E-state index contributed by atoms with van der Waals surface area (Å²) in [6, 6.07) is 3.20. The van der Waals surface area contributed by atoms with E-state index in [1.54, 1.807) is 20.1 Å². The summed E-state index contributed by atoms with van der Waals surface area (Å²) >= 11 is 3.37. The van der Waals surface area contributed by atoms with Gasteiger partial charge in [-0.15, -0.1) is 0 Å². The average Bonchev–Trinajstić information content (AvgIpc) is 2.40. The standard InChI is InChI=1S/C13H21BrN2O3S/c1-4-11(8-19-3)16-20(17,18)13-6-10(7-15)5-12(14)9(13)2/h5-6,11,16H,4,7-8,15H2,1-3H3. The normalized spacial score (nSPS) is 13.4. The van der Waals surface area contributed by atoms with Crippen molar-refractivity contribution in [3.63, 3.8) is 0 Å². The van der Waals surface area contributed by atoms with E-state index in [1.807, 2.05) is 13.0 Å². The fraction of sp³-hybridized carbons (Fsp3) is 0.538. The van der Waals surface area contributed by atoms with Gasteiger partial charge in [0.1, 0.15) is 0 Å². The summed E-state index contributed by atoms with van der Waals surface area (Å²) in [5.74, 6) is 0. The Bertz CT molecular complexity index is 561. The van der Waals surface area contributed by atoms with Crippen LogP contribution in [0.1, 0.15) is 24.5 Å². The van der Waals surface area contributed by atoms with Crippen molar-refractivity contribution in [2.24, 2.45) is 5.73 Å². The highest BCUT2D eigenvalue weighted by molar-refractivity contribution is 9.10.